The number of hydrogen-bond donors (Lipinski definition) is 1. The Morgan fingerprint density at radius 2 is 1.52 bits per heavy atom. The molecule has 0 spiro atoms. The second-order valence-electron chi connectivity index (χ2n) is 6.48. The van der Waals surface area contributed by atoms with Crippen LogP contribution in [-0.4, -0.2) is 28.9 Å². The van der Waals surface area contributed by atoms with Crippen molar-refractivity contribution in [1.82, 2.24) is 0 Å². The lowest BCUT2D eigenvalue weighted by molar-refractivity contribution is -0.144. The lowest BCUT2D eigenvalue weighted by atomic mass is 10.1. The van der Waals surface area contributed by atoms with Crippen LogP contribution < -0.4 is 0 Å². The van der Waals surface area contributed by atoms with E-state index in [0.717, 1.165) is 64.2 Å². The van der Waals surface area contributed by atoms with Crippen LogP contribution in [0.15, 0.2) is 12.2 Å². The van der Waals surface area contributed by atoms with E-state index in [9.17, 15) is 14.4 Å². The maximum Gasteiger partial charge on any atom is 0.303 e. The molecule has 0 aromatic rings. The van der Waals surface area contributed by atoms with Gasteiger partial charge in [0.15, 0.2) is 5.78 Å². The van der Waals surface area contributed by atoms with E-state index < -0.39 is 5.97 Å². The van der Waals surface area contributed by atoms with Crippen LogP contribution in [0.2, 0.25) is 0 Å². The molecule has 0 aliphatic rings. The van der Waals surface area contributed by atoms with E-state index in [2.05, 4.69) is 6.92 Å². The van der Waals surface area contributed by atoms with Gasteiger partial charge in [-0.2, -0.15) is 0 Å². The molecule has 0 unspecified atom stereocenters. The van der Waals surface area contributed by atoms with Gasteiger partial charge in [-0.1, -0.05) is 45.4 Å². The highest BCUT2D eigenvalue weighted by Gasteiger charge is 2.08. The zero-order valence-electron chi connectivity index (χ0n) is 15.8. The van der Waals surface area contributed by atoms with Crippen LogP contribution in [0.5, 0.6) is 0 Å². The number of carboxylic acid groups (broad SMARTS) is 1. The summed E-state index contributed by atoms with van der Waals surface area (Å²) in [6.07, 6.45) is 13.2. The molecule has 0 saturated heterocycles. The van der Waals surface area contributed by atoms with Crippen molar-refractivity contribution in [2.24, 2.45) is 0 Å². The van der Waals surface area contributed by atoms with Crippen LogP contribution in [0.25, 0.3) is 0 Å². The molecule has 0 radical (unpaired) electrons. The number of unbranched alkanes of at least 4 members (excludes halogenated alkanes) is 7. The maximum absolute atomic E-state index is 11.9. The fourth-order valence-electron chi connectivity index (χ4n) is 2.58. The Morgan fingerprint density at radius 1 is 0.920 bits per heavy atom. The molecule has 0 heterocycles. The fraction of sp³-hybridized carbons (Fsp3) is 0.750. The molecule has 1 atom stereocenters. The number of carbonyl (C=O) groups is 3. The highest BCUT2D eigenvalue weighted by atomic mass is 16.5. The quantitative estimate of drug-likeness (QED) is 0.244. The summed E-state index contributed by atoms with van der Waals surface area (Å²) in [5.74, 6) is -0.987. The Bertz CT molecular complexity index is 414. The van der Waals surface area contributed by atoms with Gasteiger partial charge in [-0.05, 0) is 37.8 Å². The first kappa shape index (κ1) is 23.4. The summed E-state index contributed by atoms with van der Waals surface area (Å²) in [5, 5.41) is 8.54. The minimum absolute atomic E-state index is 0.0681. The first-order chi connectivity index (χ1) is 12.0. The van der Waals surface area contributed by atoms with Crippen molar-refractivity contribution >= 4 is 17.7 Å². The molecule has 0 aliphatic carbocycles. The van der Waals surface area contributed by atoms with Crippen molar-refractivity contribution in [2.75, 3.05) is 0 Å². The molecule has 0 aliphatic heterocycles. The van der Waals surface area contributed by atoms with Crippen molar-refractivity contribution in [2.45, 2.75) is 97.0 Å². The Kier molecular flexibility index (Phi) is 14.8. The normalized spacial score (nSPS) is 12.2. The predicted molar refractivity (Wildman–Crippen MR) is 98.4 cm³/mol. The van der Waals surface area contributed by atoms with Gasteiger partial charge in [0.05, 0.1) is 0 Å². The summed E-state index contributed by atoms with van der Waals surface area (Å²) >= 11 is 0. The zero-order valence-corrected chi connectivity index (χ0v) is 15.8. The molecule has 5 heteroatoms. The summed E-state index contributed by atoms with van der Waals surface area (Å²) < 4.78 is 5.22. The van der Waals surface area contributed by atoms with Crippen molar-refractivity contribution in [3.63, 3.8) is 0 Å². The Labute approximate surface area is 151 Å². The van der Waals surface area contributed by atoms with Gasteiger partial charge in [0.2, 0.25) is 0 Å². The lowest BCUT2D eigenvalue weighted by Gasteiger charge is -2.12. The molecule has 0 fully saturated rings. The van der Waals surface area contributed by atoms with Gasteiger partial charge in [0, 0.05) is 19.8 Å². The number of hydrogen-bond acceptors (Lipinski definition) is 4. The van der Waals surface area contributed by atoms with Crippen molar-refractivity contribution < 1.29 is 24.2 Å². The fourth-order valence-corrected chi connectivity index (χ4v) is 2.58. The second-order valence-corrected chi connectivity index (χ2v) is 6.48. The van der Waals surface area contributed by atoms with E-state index in [0.29, 0.717) is 6.42 Å². The third kappa shape index (κ3) is 17.0. The first-order valence-electron chi connectivity index (χ1n) is 9.55. The van der Waals surface area contributed by atoms with E-state index in [-0.39, 0.29) is 24.3 Å². The number of esters is 1. The molecular weight excluding hydrogens is 320 g/mol. The highest BCUT2D eigenvalue weighted by Crippen LogP contribution is 2.11. The number of carbonyl (C=O) groups excluding carboxylic acids is 2. The molecule has 0 rings (SSSR count). The van der Waals surface area contributed by atoms with E-state index in [1.807, 2.05) is 0 Å². The summed E-state index contributed by atoms with van der Waals surface area (Å²) in [6.45, 7) is 3.51. The Hall–Kier alpha value is -1.65. The lowest BCUT2D eigenvalue weighted by Crippen LogP contribution is -2.14. The number of aliphatic carboxylic acids is 1. The molecule has 0 amide bonds. The minimum Gasteiger partial charge on any atom is -0.481 e. The molecule has 144 valence electrons. The standard InChI is InChI=1S/C20H34O5/c1-3-4-9-13-19(25-17(2)21)16-15-18(22)12-10-7-5-6-8-11-14-20(23)24/h15-16,19H,3-14H2,1-2H3,(H,23,24)/b16-15+/t19-/m0/s1. The van der Waals surface area contributed by atoms with Crippen LogP contribution >= 0.6 is 0 Å². The molecule has 25 heavy (non-hydrogen) atoms. The molecular formula is C20H34O5. The first-order valence-corrected chi connectivity index (χ1v) is 9.55. The number of ether oxygens (including phenoxy) is 1. The molecule has 1 N–H and O–H groups in total. The van der Waals surface area contributed by atoms with E-state index >= 15 is 0 Å². The summed E-state index contributed by atoms with van der Waals surface area (Å²) in [5.41, 5.74) is 0. The topological polar surface area (TPSA) is 80.7 Å². The molecule has 5 nitrogen and oxygen atoms in total. The van der Waals surface area contributed by atoms with E-state index in [1.54, 1.807) is 12.2 Å². The van der Waals surface area contributed by atoms with Gasteiger partial charge in [0.25, 0.3) is 0 Å². The minimum atomic E-state index is -0.737. The molecule has 0 aromatic heterocycles. The van der Waals surface area contributed by atoms with Gasteiger partial charge in [-0.15, -0.1) is 0 Å². The molecule has 0 bridgehead atoms. The Balaban J connectivity index is 3.86. The molecule has 0 saturated carbocycles. The number of carboxylic acids is 1. The maximum atomic E-state index is 11.9. The number of allylic oxidation sites excluding steroid dienone is 1. The van der Waals surface area contributed by atoms with Gasteiger partial charge >= 0.3 is 11.9 Å². The third-order valence-electron chi connectivity index (χ3n) is 3.97. The van der Waals surface area contributed by atoms with Crippen molar-refractivity contribution in [1.29, 1.82) is 0 Å². The summed E-state index contributed by atoms with van der Waals surface area (Å²) in [7, 11) is 0. The summed E-state index contributed by atoms with van der Waals surface area (Å²) in [4.78, 5) is 33.4. The van der Waals surface area contributed by atoms with E-state index in [1.165, 1.54) is 6.92 Å². The monoisotopic (exact) mass is 354 g/mol. The van der Waals surface area contributed by atoms with Gasteiger partial charge in [-0.25, -0.2) is 0 Å². The van der Waals surface area contributed by atoms with Crippen LogP contribution in [-0.2, 0) is 19.1 Å². The average molecular weight is 354 g/mol. The SMILES string of the molecule is CCCCC[C@@H](/C=C/C(=O)CCCCCCCCC(=O)O)OC(C)=O. The van der Waals surface area contributed by atoms with Crippen LogP contribution in [0.1, 0.15) is 90.9 Å². The number of rotatable bonds is 16. The highest BCUT2D eigenvalue weighted by molar-refractivity contribution is 5.89. The van der Waals surface area contributed by atoms with Gasteiger partial charge in [0.1, 0.15) is 6.10 Å². The van der Waals surface area contributed by atoms with Gasteiger partial charge < -0.3 is 9.84 Å². The van der Waals surface area contributed by atoms with Gasteiger partial charge in [-0.3, -0.25) is 14.4 Å². The van der Waals surface area contributed by atoms with Crippen molar-refractivity contribution in [3.05, 3.63) is 12.2 Å². The zero-order chi connectivity index (χ0) is 18.9. The summed E-state index contributed by atoms with van der Waals surface area (Å²) in [6, 6.07) is 0. The average Bonchev–Trinajstić information content (AvgIpc) is 2.54. The van der Waals surface area contributed by atoms with Crippen LogP contribution in [0.3, 0.4) is 0 Å². The van der Waals surface area contributed by atoms with Crippen LogP contribution in [0.4, 0.5) is 0 Å². The predicted octanol–water partition coefficient (Wildman–Crippen LogP) is 4.83. The van der Waals surface area contributed by atoms with E-state index in [4.69, 9.17) is 9.84 Å². The second kappa shape index (κ2) is 15.9. The largest absolute Gasteiger partial charge is 0.481 e. The number of ketones is 1. The molecule has 0 aromatic carbocycles. The van der Waals surface area contributed by atoms with Crippen LogP contribution in [0, 0.1) is 0 Å². The Morgan fingerprint density at radius 3 is 2.08 bits per heavy atom. The third-order valence-corrected chi connectivity index (χ3v) is 3.97. The van der Waals surface area contributed by atoms with Crippen molar-refractivity contribution in [3.8, 4) is 0 Å². The smallest absolute Gasteiger partial charge is 0.303 e.